The number of rotatable bonds is 6. The Balaban J connectivity index is 1.45. The van der Waals surface area contributed by atoms with E-state index in [1.807, 2.05) is 43.3 Å². The number of likely N-dealkylation sites (tertiary alicyclic amines) is 1. The van der Waals surface area contributed by atoms with E-state index in [1.54, 1.807) is 10.6 Å². The molecule has 0 amide bonds. The lowest BCUT2D eigenvalue weighted by molar-refractivity contribution is 0.205. The first-order valence-electron chi connectivity index (χ1n) is 10.4. The van der Waals surface area contributed by atoms with Crippen molar-refractivity contribution in [2.24, 2.45) is 0 Å². The van der Waals surface area contributed by atoms with Crippen LogP contribution in [0.25, 0.3) is 16.6 Å². The molecule has 6 nitrogen and oxygen atoms in total. The molecular formula is C23H28N4O2. The number of piperidine rings is 1. The second-order valence-electron chi connectivity index (χ2n) is 7.64. The molecule has 4 rings (SSSR count). The van der Waals surface area contributed by atoms with E-state index in [1.165, 1.54) is 32.4 Å². The number of nitrogen functional groups attached to an aromatic ring is 1. The zero-order chi connectivity index (χ0) is 20.2. The molecule has 2 heterocycles. The summed E-state index contributed by atoms with van der Waals surface area (Å²) in [7, 11) is 0. The summed E-state index contributed by atoms with van der Waals surface area (Å²) in [5.41, 5.74) is 7.70. The van der Waals surface area contributed by atoms with E-state index in [9.17, 15) is 4.79 Å². The number of fused-ring (bicyclic) bond motifs is 1. The number of benzene rings is 2. The summed E-state index contributed by atoms with van der Waals surface area (Å²) in [5, 5.41) is 0.455. The Kier molecular flexibility index (Phi) is 5.81. The Bertz CT molecular complexity index is 1040. The predicted octanol–water partition coefficient (Wildman–Crippen LogP) is 3.53. The standard InChI is InChI=1S/C23H28N4O2/c1-17-25-21-8-5-7-20(24)22(21)23(28)27(17)18-9-11-19(12-10-18)29-16-6-15-26-13-3-2-4-14-26/h5,7-12H,2-4,6,13-16,24H2,1H3. The number of aryl methyl sites for hydroxylation is 1. The van der Waals surface area contributed by atoms with Gasteiger partial charge in [-0.3, -0.25) is 9.36 Å². The third-order valence-corrected chi connectivity index (χ3v) is 5.53. The lowest BCUT2D eigenvalue weighted by Crippen LogP contribution is -2.31. The van der Waals surface area contributed by atoms with E-state index in [-0.39, 0.29) is 5.56 Å². The predicted molar refractivity (Wildman–Crippen MR) is 117 cm³/mol. The minimum Gasteiger partial charge on any atom is -0.494 e. The summed E-state index contributed by atoms with van der Waals surface area (Å²) >= 11 is 0. The van der Waals surface area contributed by atoms with Gasteiger partial charge in [0.05, 0.1) is 23.2 Å². The van der Waals surface area contributed by atoms with Crippen molar-refractivity contribution in [1.82, 2.24) is 14.5 Å². The molecule has 2 aromatic carbocycles. The largest absolute Gasteiger partial charge is 0.494 e. The smallest absolute Gasteiger partial charge is 0.268 e. The quantitative estimate of drug-likeness (QED) is 0.513. The molecule has 2 N–H and O–H groups in total. The van der Waals surface area contributed by atoms with Gasteiger partial charge in [0.1, 0.15) is 11.6 Å². The second kappa shape index (κ2) is 8.66. The summed E-state index contributed by atoms with van der Waals surface area (Å²) in [6, 6.07) is 12.9. The summed E-state index contributed by atoms with van der Waals surface area (Å²) in [4.78, 5) is 20.1. The van der Waals surface area contributed by atoms with Gasteiger partial charge in [-0.1, -0.05) is 12.5 Å². The van der Waals surface area contributed by atoms with Gasteiger partial charge in [-0.25, -0.2) is 4.98 Å². The van der Waals surface area contributed by atoms with Crippen LogP contribution in [0.4, 0.5) is 5.69 Å². The highest BCUT2D eigenvalue weighted by molar-refractivity contribution is 5.89. The Morgan fingerprint density at radius 2 is 1.83 bits per heavy atom. The molecule has 1 aromatic heterocycles. The van der Waals surface area contributed by atoms with Crippen molar-refractivity contribution >= 4 is 16.6 Å². The number of aromatic nitrogens is 2. The third kappa shape index (κ3) is 4.27. The molecule has 29 heavy (non-hydrogen) atoms. The molecule has 0 aliphatic carbocycles. The summed E-state index contributed by atoms with van der Waals surface area (Å²) in [6.07, 6.45) is 5.02. The van der Waals surface area contributed by atoms with Crippen molar-refractivity contribution in [2.75, 3.05) is 32.0 Å². The highest BCUT2D eigenvalue weighted by Crippen LogP contribution is 2.19. The first kappa shape index (κ1) is 19.5. The molecule has 1 aliphatic rings. The van der Waals surface area contributed by atoms with Crippen LogP contribution >= 0.6 is 0 Å². The Labute approximate surface area is 170 Å². The number of ether oxygens (including phenoxy) is 1. The fraction of sp³-hybridized carbons (Fsp3) is 0.391. The zero-order valence-corrected chi connectivity index (χ0v) is 16.9. The lowest BCUT2D eigenvalue weighted by atomic mass is 10.1. The highest BCUT2D eigenvalue weighted by atomic mass is 16.5. The van der Waals surface area contributed by atoms with Crippen LogP contribution in [-0.2, 0) is 0 Å². The molecule has 152 valence electrons. The first-order chi connectivity index (χ1) is 14.1. The van der Waals surface area contributed by atoms with Gasteiger partial charge in [0, 0.05) is 12.2 Å². The number of anilines is 1. The van der Waals surface area contributed by atoms with Crippen LogP contribution in [0, 0.1) is 6.92 Å². The van der Waals surface area contributed by atoms with E-state index >= 15 is 0 Å². The van der Waals surface area contributed by atoms with Crippen molar-refractivity contribution in [2.45, 2.75) is 32.6 Å². The molecule has 3 aromatic rings. The lowest BCUT2D eigenvalue weighted by Gasteiger charge is -2.26. The van der Waals surface area contributed by atoms with E-state index in [2.05, 4.69) is 9.88 Å². The Morgan fingerprint density at radius 1 is 1.07 bits per heavy atom. The van der Waals surface area contributed by atoms with Crippen molar-refractivity contribution in [1.29, 1.82) is 0 Å². The third-order valence-electron chi connectivity index (χ3n) is 5.53. The van der Waals surface area contributed by atoms with Gasteiger partial charge in [-0.15, -0.1) is 0 Å². The van der Waals surface area contributed by atoms with Crippen molar-refractivity contribution in [3.8, 4) is 11.4 Å². The Morgan fingerprint density at radius 3 is 2.59 bits per heavy atom. The Hall–Kier alpha value is -2.86. The van der Waals surface area contributed by atoms with Crippen LogP contribution in [0.3, 0.4) is 0 Å². The maximum atomic E-state index is 13.0. The average molecular weight is 393 g/mol. The van der Waals surface area contributed by atoms with Crippen LogP contribution in [0.15, 0.2) is 47.3 Å². The number of nitrogens with zero attached hydrogens (tertiary/aromatic N) is 3. The number of hydrogen-bond donors (Lipinski definition) is 1. The van der Waals surface area contributed by atoms with E-state index < -0.39 is 0 Å². The average Bonchev–Trinajstić information content (AvgIpc) is 2.73. The van der Waals surface area contributed by atoms with Gasteiger partial charge in [-0.2, -0.15) is 0 Å². The van der Waals surface area contributed by atoms with Crippen molar-refractivity contribution in [3.05, 3.63) is 58.6 Å². The first-order valence-corrected chi connectivity index (χ1v) is 10.4. The molecule has 6 heteroatoms. The maximum Gasteiger partial charge on any atom is 0.268 e. The normalized spacial score (nSPS) is 14.9. The summed E-state index contributed by atoms with van der Waals surface area (Å²) < 4.78 is 7.48. The SMILES string of the molecule is Cc1nc2cccc(N)c2c(=O)n1-c1ccc(OCCCN2CCCCC2)cc1. The minimum atomic E-state index is -0.152. The molecule has 0 bridgehead atoms. The van der Waals surface area contributed by atoms with Crippen LogP contribution in [0.5, 0.6) is 5.75 Å². The monoisotopic (exact) mass is 392 g/mol. The van der Waals surface area contributed by atoms with Gasteiger partial charge >= 0.3 is 0 Å². The molecule has 1 saturated heterocycles. The van der Waals surface area contributed by atoms with Crippen LogP contribution < -0.4 is 16.0 Å². The van der Waals surface area contributed by atoms with Crippen molar-refractivity contribution < 1.29 is 4.74 Å². The van der Waals surface area contributed by atoms with Crippen LogP contribution in [0.1, 0.15) is 31.5 Å². The molecule has 1 fully saturated rings. The van der Waals surface area contributed by atoms with E-state index in [4.69, 9.17) is 10.5 Å². The van der Waals surface area contributed by atoms with Crippen molar-refractivity contribution in [3.63, 3.8) is 0 Å². The van der Waals surface area contributed by atoms with Crippen LogP contribution in [0.2, 0.25) is 0 Å². The molecule has 0 spiro atoms. The van der Waals surface area contributed by atoms with Gasteiger partial charge in [0.25, 0.3) is 5.56 Å². The van der Waals surface area contributed by atoms with Gasteiger partial charge in [0.2, 0.25) is 0 Å². The summed E-state index contributed by atoms with van der Waals surface area (Å²) in [6.45, 7) is 6.05. The van der Waals surface area contributed by atoms with Gasteiger partial charge in [-0.05, 0) is 75.7 Å². The molecule has 0 saturated carbocycles. The van der Waals surface area contributed by atoms with Crippen LogP contribution in [-0.4, -0.2) is 40.7 Å². The zero-order valence-electron chi connectivity index (χ0n) is 16.9. The molecular weight excluding hydrogens is 364 g/mol. The highest BCUT2D eigenvalue weighted by Gasteiger charge is 2.12. The fourth-order valence-electron chi connectivity index (χ4n) is 4.02. The van der Waals surface area contributed by atoms with E-state index in [0.29, 0.717) is 29.0 Å². The second-order valence-corrected chi connectivity index (χ2v) is 7.64. The molecule has 0 radical (unpaired) electrons. The minimum absolute atomic E-state index is 0.152. The molecule has 1 aliphatic heterocycles. The fourth-order valence-corrected chi connectivity index (χ4v) is 4.02. The van der Waals surface area contributed by atoms with Gasteiger partial charge in [0.15, 0.2) is 0 Å². The maximum absolute atomic E-state index is 13.0. The van der Waals surface area contributed by atoms with Gasteiger partial charge < -0.3 is 15.4 Å². The molecule has 0 unspecified atom stereocenters. The summed E-state index contributed by atoms with van der Waals surface area (Å²) in [5.74, 6) is 1.44. The number of hydrogen-bond acceptors (Lipinski definition) is 5. The van der Waals surface area contributed by atoms with E-state index in [0.717, 1.165) is 24.4 Å². The number of nitrogens with two attached hydrogens (primary N) is 1. The topological polar surface area (TPSA) is 73.4 Å². The molecule has 0 atom stereocenters.